The largest absolute Gasteiger partial charge is 0.392 e. The van der Waals surface area contributed by atoms with E-state index in [9.17, 15) is 4.39 Å². The summed E-state index contributed by atoms with van der Waals surface area (Å²) >= 11 is 1.46. The second kappa shape index (κ2) is 5.84. The van der Waals surface area contributed by atoms with Gasteiger partial charge in [0.2, 0.25) is 0 Å². The zero-order chi connectivity index (χ0) is 12.1. The van der Waals surface area contributed by atoms with Crippen LogP contribution in [0.3, 0.4) is 0 Å². The molecule has 0 heterocycles. The van der Waals surface area contributed by atoms with Crippen LogP contribution in [-0.2, 0) is 12.4 Å². The second-order valence-electron chi connectivity index (χ2n) is 3.70. The Morgan fingerprint density at radius 1 is 1.00 bits per heavy atom. The van der Waals surface area contributed by atoms with Crippen LogP contribution in [-0.4, -0.2) is 5.11 Å². The number of hydrogen-bond acceptors (Lipinski definition) is 2. The van der Waals surface area contributed by atoms with Crippen LogP contribution < -0.4 is 0 Å². The Bertz CT molecular complexity index is 485. The molecule has 0 bridgehead atoms. The van der Waals surface area contributed by atoms with E-state index in [1.807, 2.05) is 30.3 Å². The molecule has 88 valence electrons. The summed E-state index contributed by atoms with van der Waals surface area (Å²) in [6.07, 6.45) is 0. The minimum atomic E-state index is -0.266. The number of hydrogen-bond donors (Lipinski definition) is 1. The van der Waals surface area contributed by atoms with Gasteiger partial charge in [-0.15, -0.1) is 11.8 Å². The molecule has 0 fully saturated rings. The lowest BCUT2D eigenvalue weighted by Gasteiger charge is -2.05. The maximum atomic E-state index is 13.6. The average Bonchev–Trinajstić information content (AvgIpc) is 2.38. The first-order chi connectivity index (χ1) is 8.29. The van der Waals surface area contributed by atoms with E-state index in [-0.39, 0.29) is 12.4 Å². The Balaban J connectivity index is 2.04. The van der Waals surface area contributed by atoms with Crippen molar-refractivity contribution in [1.29, 1.82) is 0 Å². The number of aliphatic hydroxyl groups excluding tert-OH is 1. The lowest BCUT2D eigenvalue weighted by molar-refractivity contribution is 0.281. The molecule has 0 amide bonds. The Hall–Kier alpha value is -1.32. The highest BCUT2D eigenvalue weighted by molar-refractivity contribution is 7.98. The molecule has 0 aliphatic carbocycles. The van der Waals surface area contributed by atoms with E-state index >= 15 is 0 Å². The summed E-state index contributed by atoms with van der Waals surface area (Å²) in [6, 6.07) is 14.8. The van der Waals surface area contributed by atoms with E-state index in [1.165, 1.54) is 23.4 Å². The Morgan fingerprint density at radius 2 is 1.76 bits per heavy atom. The molecule has 0 radical (unpaired) electrons. The van der Waals surface area contributed by atoms with Gasteiger partial charge in [-0.2, -0.15) is 0 Å². The minimum Gasteiger partial charge on any atom is -0.392 e. The van der Waals surface area contributed by atoms with Gasteiger partial charge in [0.15, 0.2) is 0 Å². The molecule has 2 aromatic rings. The molecule has 2 rings (SSSR count). The van der Waals surface area contributed by atoms with Crippen molar-refractivity contribution in [2.75, 3.05) is 0 Å². The molecule has 3 heteroatoms. The van der Waals surface area contributed by atoms with Crippen molar-refractivity contribution in [3.8, 4) is 0 Å². The molecule has 0 saturated carbocycles. The highest BCUT2D eigenvalue weighted by Gasteiger charge is 2.04. The second-order valence-corrected chi connectivity index (χ2v) is 4.71. The Morgan fingerprint density at radius 3 is 2.41 bits per heavy atom. The maximum Gasteiger partial charge on any atom is 0.137 e. The van der Waals surface area contributed by atoms with E-state index in [2.05, 4.69) is 0 Å². The summed E-state index contributed by atoms with van der Waals surface area (Å²) in [4.78, 5) is 0.617. The predicted octanol–water partition coefficient (Wildman–Crippen LogP) is 3.61. The van der Waals surface area contributed by atoms with Crippen LogP contribution in [0.1, 0.15) is 11.1 Å². The summed E-state index contributed by atoms with van der Waals surface area (Å²) in [5.74, 6) is 0.480. The van der Waals surface area contributed by atoms with Gasteiger partial charge in [0.25, 0.3) is 0 Å². The normalized spacial score (nSPS) is 10.5. The lowest BCUT2D eigenvalue weighted by Crippen LogP contribution is -1.88. The number of halogens is 1. The van der Waals surface area contributed by atoms with Gasteiger partial charge >= 0.3 is 0 Å². The number of aliphatic hydroxyl groups is 1. The van der Waals surface area contributed by atoms with Gasteiger partial charge in [-0.05, 0) is 23.3 Å². The first kappa shape index (κ1) is 12.1. The molecule has 17 heavy (non-hydrogen) atoms. The highest BCUT2D eigenvalue weighted by atomic mass is 32.2. The van der Waals surface area contributed by atoms with Gasteiger partial charge < -0.3 is 5.11 Å². The summed E-state index contributed by atoms with van der Waals surface area (Å²) < 4.78 is 13.6. The first-order valence-corrected chi connectivity index (χ1v) is 6.34. The zero-order valence-electron chi connectivity index (χ0n) is 9.27. The number of thioether (sulfide) groups is 1. The molecule has 0 aliphatic rings. The third-order valence-corrected chi connectivity index (χ3v) is 3.54. The summed E-state index contributed by atoms with van der Waals surface area (Å²) in [6.45, 7) is -0.124. The van der Waals surface area contributed by atoms with Crippen molar-refractivity contribution >= 4 is 11.8 Å². The summed E-state index contributed by atoms with van der Waals surface area (Å²) in [7, 11) is 0. The third-order valence-electron chi connectivity index (χ3n) is 2.42. The molecule has 0 aromatic heterocycles. The molecular formula is C14H13FOS. The molecule has 1 nitrogen and oxygen atoms in total. The standard InChI is InChI=1S/C14H13FOS/c15-13-8-12(9-16)6-7-14(13)17-10-11-4-2-1-3-5-11/h1-8,16H,9-10H2. The van der Waals surface area contributed by atoms with Crippen molar-refractivity contribution in [1.82, 2.24) is 0 Å². The maximum absolute atomic E-state index is 13.6. The number of benzene rings is 2. The molecule has 1 N–H and O–H groups in total. The SMILES string of the molecule is OCc1ccc(SCc2ccccc2)c(F)c1. The Labute approximate surface area is 104 Å². The predicted molar refractivity (Wildman–Crippen MR) is 68.3 cm³/mol. The molecule has 0 aliphatic heterocycles. The lowest BCUT2D eigenvalue weighted by atomic mass is 10.2. The fraction of sp³-hybridized carbons (Fsp3) is 0.143. The molecule has 0 saturated heterocycles. The Kier molecular flexibility index (Phi) is 4.18. The van der Waals surface area contributed by atoms with Crippen LogP contribution in [0, 0.1) is 5.82 Å². The monoisotopic (exact) mass is 248 g/mol. The van der Waals surface area contributed by atoms with Crippen LogP contribution in [0.2, 0.25) is 0 Å². The molecule has 0 spiro atoms. The van der Waals surface area contributed by atoms with Crippen molar-refractivity contribution in [3.63, 3.8) is 0 Å². The van der Waals surface area contributed by atoms with Gasteiger partial charge in [-0.3, -0.25) is 0 Å². The third kappa shape index (κ3) is 3.32. The fourth-order valence-corrected chi connectivity index (χ4v) is 2.37. The van der Waals surface area contributed by atoms with E-state index in [0.29, 0.717) is 10.5 Å². The van der Waals surface area contributed by atoms with Crippen LogP contribution in [0.4, 0.5) is 4.39 Å². The highest BCUT2D eigenvalue weighted by Crippen LogP contribution is 2.26. The smallest absolute Gasteiger partial charge is 0.137 e. The number of rotatable bonds is 4. The van der Waals surface area contributed by atoms with Crippen LogP contribution >= 0.6 is 11.8 Å². The average molecular weight is 248 g/mol. The quantitative estimate of drug-likeness (QED) is 0.834. The van der Waals surface area contributed by atoms with Gasteiger partial charge in [0, 0.05) is 10.6 Å². The van der Waals surface area contributed by atoms with Crippen molar-refractivity contribution in [2.24, 2.45) is 0 Å². The van der Waals surface area contributed by atoms with Crippen molar-refractivity contribution < 1.29 is 9.50 Å². The fourth-order valence-electron chi connectivity index (χ4n) is 1.50. The van der Waals surface area contributed by atoms with Gasteiger partial charge in [-0.1, -0.05) is 36.4 Å². The van der Waals surface area contributed by atoms with Gasteiger partial charge in [-0.25, -0.2) is 4.39 Å². The molecule has 0 atom stereocenters. The van der Waals surface area contributed by atoms with E-state index < -0.39 is 0 Å². The van der Waals surface area contributed by atoms with Gasteiger partial charge in [0.1, 0.15) is 5.82 Å². The topological polar surface area (TPSA) is 20.2 Å². The summed E-state index contributed by atoms with van der Waals surface area (Å²) in [5, 5.41) is 8.89. The molecular weight excluding hydrogens is 235 g/mol. The van der Waals surface area contributed by atoms with E-state index in [4.69, 9.17) is 5.11 Å². The van der Waals surface area contributed by atoms with Crippen molar-refractivity contribution in [2.45, 2.75) is 17.3 Å². The van der Waals surface area contributed by atoms with Crippen LogP contribution in [0.15, 0.2) is 53.4 Å². The zero-order valence-corrected chi connectivity index (χ0v) is 10.1. The van der Waals surface area contributed by atoms with Crippen LogP contribution in [0.5, 0.6) is 0 Å². The van der Waals surface area contributed by atoms with E-state index in [0.717, 1.165) is 5.75 Å². The summed E-state index contributed by atoms with van der Waals surface area (Å²) in [5.41, 5.74) is 1.77. The molecule has 2 aromatic carbocycles. The first-order valence-electron chi connectivity index (χ1n) is 5.35. The minimum absolute atomic E-state index is 0.124. The molecule has 0 unspecified atom stereocenters. The van der Waals surface area contributed by atoms with Crippen molar-refractivity contribution in [3.05, 3.63) is 65.5 Å². The van der Waals surface area contributed by atoms with Gasteiger partial charge in [0.05, 0.1) is 6.61 Å². The van der Waals surface area contributed by atoms with E-state index in [1.54, 1.807) is 12.1 Å². The van der Waals surface area contributed by atoms with Crippen LogP contribution in [0.25, 0.3) is 0 Å².